The highest BCUT2D eigenvalue weighted by Crippen LogP contribution is 2.29. The number of aromatic nitrogens is 1. The summed E-state index contributed by atoms with van der Waals surface area (Å²) < 4.78 is 11.2. The molecular formula is C22H37N3O3. The molecule has 1 fully saturated rings. The molecule has 2 heterocycles. The largest absolute Gasteiger partial charge is 0.426 e. The van der Waals surface area contributed by atoms with E-state index in [4.69, 9.17) is 9.47 Å². The van der Waals surface area contributed by atoms with E-state index in [-0.39, 0.29) is 13.5 Å². The SMILES string of the molecule is CC.CCN(CCc1c[nH]c2cccc(OC(C)=O)c12)N1CC(C)OCC1C.[HH]. The van der Waals surface area contributed by atoms with Gasteiger partial charge in [-0.25, -0.2) is 10.0 Å². The highest BCUT2D eigenvalue weighted by atomic mass is 16.5. The number of nitrogens with zero attached hydrogens (tertiary/aromatic N) is 2. The van der Waals surface area contributed by atoms with Gasteiger partial charge in [-0.3, -0.25) is 4.79 Å². The second-order valence-corrected chi connectivity index (χ2v) is 7.00. The first-order valence-electron chi connectivity index (χ1n) is 10.4. The van der Waals surface area contributed by atoms with Gasteiger partial charge in [0.2, 0.25) is 0 Å². The Hall–Kier alpha value is -1.89. The van der Waals surface area contributed by atoms with E-state index in [9.17, 15) is 4.79 Å². The van der Waals surface area contributed by atoms with Gasteiger partial charge in [0.15, 0.2) is 0 Å². The number of esters is 1. The summed E-state index contributed by atoms with van der Waals surface area (Å²) in [5.74, 6) is 0.332. The average Bonchev–Trinajstić information content (AvgIpc) is 3.10. The van der Waals surface area contributed by atoms with Crippen molar-refractivity contribution in [3.8, 4) is 5.75 Å². The Balaban J connectivity index is 0.00000136. The van der Waals surface area contributed by atoms with E-state index < -0.39 is 0 Å². The molecule has 0 spiro atoms. The van der Waals surface area contributed by atoms with E-state index in [0.717, 1.165) is 43.6 Å². The number of nitrogens with one attached hydrogen (secondary N) is 1. The number of hydrazine groups is 1. The fourth-order valence-electron chi connectivity index (χ4n) is 3.65. The molecule has 0 aliphatic carbocycles. The van der Waals surface area contributed by atoms with Gasteiger partial charge in [0.25, 0.3) is 0 Å². The van der Waals surface area contributed by atoms with E-state index in [2.05, 4.69) is 35.8 Å². The monoisotopic (exact) mass is 391 g/mol. The van der Waals surface area contributed by atoms with Gasteiger partial charge in [0.1, 0.15) is 5.75 Å². The minimum absolute atomic E-state index is 0. The minimum Gasteiger partial charge on any atom is -0.426 e. The lowest BCUT2D eigenvalue weighted by Crippen LogP contribution is -2.56. The number of hydrogen-bond donors (Lipinski definition) is 1. The van der Waals surface area contributed by atoms with Crippen molar-refractivity contribution in [2.45, 2.75) is 60.1 Å². The van der Waals surface area contributed by atoms with E-state index in [1.807, 2.05) is 38.2 Å². The molecule has 0 radical (unpaired) electrons. The highest BCUT2D eigenvalue weighted by molar-refractivity contribution is 5.91. The zero-order chi connectivity index (χ0) is 20.7. The van der Waals surface area contributed by atoms with Crippen LogP contribution in [0.15, 0.2) is 24.4 Å². The lowest BCUT2D eigenvalue weighted by atomic mass is 10.1. The van der Waals surface area contributed by atoms with Gasteiger partial charge in [0, 0.05) is 51.1 Å². The Morgan fingerprint density at radius 1 is 1.39 bits per heavy atom. The number of H-pyrrole nitrogens is 1. The molecular weight excluding hydrogens is 354 g/mol. The standard InChI is InChI=1S/C20H29N3O3.C2H6.H2/c1-5-22(23-12-15(3)25-13-14(23)2)10-9-17-11-21-18-7-6-8-19(20(17)18)26-16(4)24;1-2;/h6-8,11,14-15,21H,5,9-10,12-13H2,1-4H3;1-2H3;1H. The number of benzene rings is 1. The summed E-state index contributed by atoms with van der Waals surface area (Å²) in [5, 5.41) is 5.83. The van der Waals surface area contributed by atoms with Gasteiger partial charge >= 0.3 is 5.97 Å². The minimum atomic E-state index is -0.295. The Bertz CT molecular complexity index is 765. The molecule has 2 aromatic rings. The van der Waals surface area contributed by atoms with Crippen LogP contribution in [0.25, 0.3) is 10.9 Å². The van der Waals surface area contributed by atoms with Gasteiger partial charge < -0.3 is 14.5 Å². The third-order valence-corrected chi connectivity index (χ3v) is 4.95. The molecule has 1 saturated heterocycles. The molecule has 0 saturated carbocycles. The topological polar surface area (TPSA) is 57.8 Å². The normalized spacial score (nSPS) is 20.1. The highest BCUT2D eigenvalue weighted by Gasteiger charge is 2.27. The molecule has 3 rings (SSSR count). The molecule has 1 aliphatic rings. The summed E-state index contributed by atoms with van der Waals surface area (Å²) >= 11 is 0. The summed E-state index contributed by atoms with van der Waals surface area (Å²) in [5.41, 5.74) is 2.17. The lowest BCUT2D eigenvalue weighted by Gasteiger charge is -2.43. The zero-order valence-corrected chi connectivity index (χ0v) is 18.1. The maximum absolute atomic E-state index is 11.4. The van der Waals surface area contributed by atoms with Crippen molar-refractivity contribution < 1.29 is 15.7 Å². The number of likely N-dealkylation sites (N-methyl/N-ethyl adjacent to an activating group) is 1. The second kappa shape index (κ2) is 10.6. The molecule has 1 aromatic carbocycles. The number of carbonyl (C=O) groups excluding carboxylic acids is 1. The summed E-state index contributed by atoms with van der Waals surface area (Å²) in [6.45, 7) is 15.5. The molecule has 1 aliphatic heterocycles. The molecule has 0 bridgehead atoms. The maximum atomic E-state index is 11.4. The summed E-state index contributed by atoms with van der Waals surface area (Å²) in [4.78, 5) is 14.7. The van der Waals surface area contributed by atoms with Crippen molar-refractivity contribution in [2.75, 3.05) is 26.2 Å². The van der Waals surface area contributed by atoms with Crippen molar-refractivity contribution in [3.05, 3.63) is 30.0 Å². The summed E-state index contributed by atoms with van der Waals surface area (Å²) in [6.07, 6.45) is 3.16. The molecule has 6 heteroatoms. The van der Waals surface area contributed by atoms with Crippen LogP contribution >= 0.6 is 0 Å². The van der Waals surface area contributed by atoms with Crippen LogP contribution < -0.4 is 4.74 Å². The van der Waals surface area contributed by atoms with Crippen molar-refractivity contribution in [1.29, 1.82) is 0 Å². The van der Waals surface area contributed by atoms with Gasteiger partial charge in [-0.1, -0.05) is 26.8 Å². The summed E-state index contributed by atoms with van der Waals surface area (Å²) in [7, 11) is 0. The van der Waals surface area contributed by atoms with Crippen LogP contribution in [0.5, 0.6) is 5.75 Å². The number of hydrogen-bond acceptors (Lipinski definition) is 5. The fraction of sp³-hybridized carbons (Fsp3) is 0.591. The first-order valence-corrected chi connectivity index (χ1v) is 10.4. The zero-order valence-electron chi connectivity index (χ0n) is 18.1. The Kier molecular flexibility index (Phi) is 8.48. The molecule has 158 valence electrons. The fourth-order valence-corrected chi connectivity index (χ4v) is 3.65. The summed E-state index contributed by atoms with van der Waals surface area (Å²) in [6, 6.07) is 6.14. The molecule has 1 aromatic heterocycles. The lowest BCUT2D eigenvalue weighted by molar-refractivity contribution is -0.146. The van der Waals surface area contributed by atoms with E-state index >= 15 is 0 Å². The van der Waals surface area contributed by atoms with Gasteiger partial charge in [-0.05, 0) is 38.0 Å². The molecule has 6 nitrogen and oxygen atoms in total. The number of ether oxygens (including phenoxy) is 2. The number of carbonyl (C=O) groups is 1. The third kappa shape index (κ3) is 5.34. The van der Waals surface area contributed by atoms with E-state index in [0.29, 0.717) is 11.8 Å². The van der Waals surface area contributed by atoms with Crippen LogP contribution in [-0.4, -0.2) is 59.4 Å². The maximum Gasteiger partial charge on any atom is 0.308 e. The quantitative estimate of drug-likeness (QED) is 0.589. The van der Waals surface area contributed by atoms with Crippen LogP contribution in [0, 0.1) is 0 Å². The Morgan fingerprint density at radius 2 is 2.14 bits per heavy atom. The van der Waals surface area contributed by atoms with E-state index in [1.165, 1.54) is 12.5 Å². The second-order valence-electron chi connectivity index (χ2n) is 7.00. The van der Waals surface area contributed by atoms with Crippen LogP contribution in [0.4, 0.5) is 0 Å². The first kappa shape index (κ1) is 22.4. The van der Waals surface area contributed by atoms with Crippen molar-refractivity contribution in [3.63, 3.8) is 0 Å². The van der Waals surface area contributed by atoms with Crippen LogP contribution in [0.1, 0.15) is 48.5 Å². The van der Waals surface area contributed by atoms with Crippen molar-refractivity contribution >= 4 is 16.9 Å². The molecule has 28 heavy (non-hydrogen) atoms. The predicted octanol–water partition coefficient (Wildman–Crippen LogP) is 4.25. The van der Waals surface area contributed by atoms with Gasteiger partial charge in [0.05, 0.1) is 12.7 Å². The van der Waals surface area contributed by atoms with Crippen molar-refractivity contribution in [1.82, 2.24) is 15.0 Å². The van der Waals surface area contributed by atoms with Crippen LogP contribution in [-0.2, 0) is 16.0 Å². The van der Waals surface area contributed by atoms with Gasteiger partial charge in [-0.15, -0.1) is 0 Å². The van der Waals surface area contributed by atoms with Gasteiger partial charge in [-0.2, -0.15) is 0 Å². The van der Waals surface area contributed by atoms with E-state index in [1.54, 1.807) is 0 Å². The van der Waals surface area contributed by atoms with Crippen molar-refractivity contribution in [2.24, 2.45) is 0 Å². The van der Waals surface area contributed by atoms with Crippen LogP contribution in [0.3, 0.4) is 0 Å². The number of fused-ring (bicyclic) bond motifs is 1. The molecule has 1 N–H and O–H groups in total. The number of morpholine rings is 1. The predicted molar refractivity (Wildman–Crippen MR) is 116 cm³/mol. The Morgan fingerprint density at radius 3 is 2.82 bits per heavy atom. The Labute approximate surface area is 170 Å². The molecule has 2 unspecified atom stereocenters. The number of rotatable bonds is 6. The molecule has 2 atom stereocenters. The third-order valence-electron chi connectivity index (χ3n) is 4.95. The average molecular weight is 392 g/mol. The molecule has 0 amide bonds. The first-order chi connectivity index (χ1) is 13.5. The number of aromatic amines is 1. The van der Waals surface area contributed by atoms with Crippen LogP contribution in [0.2, 0.25) is 0 Å². The smallest absolute Gasteiger partial charge is 0.308 e.